The molecule has 1 aromatic carbocycles. The molecule has 0 atom stereocenters. The number of amides is 1. The third-order valence-electron chi connectivity index (χ3n) is 4.14. The number of likely N-dealkylation sites (N-methyl/N-ethyl adjacent to an activating group) is 1. The molecule has 0 saturated heterocycles. The van der Waals surface area contributed by atoms with Crippen LogP contribution in [0.25, 0.3) is 0 Å². The maximum atomic E-state index is 12.5. The van der Waals surface area contributed by atoms with E-state index in [9.17, 15) is 4.79 Å². The van der Waals surface area contributed by atoms with Gasteiger partial charge in [-0.25, -0.2) is 9.97 Å². The Balaban J connectivity index is 1.60. The molecule has 0 bridgehead atoms. The first kappa shape index (κ1) is 19.6. The summed E-state index contributed by atoms with van der Waals surface area (Å²) in [6.07, 6.45) is 7.25. The summed E-state index contributed by atoms with van der Waals surface area (Å²) in [5, 5.41) is 3.53. The first-order valence-electron chi connectivity index (χ1n) is 8.64. The highest BCUT2D eigenvalue weighted by molar-refractivity contribution is 6.32. The van der Waals surface area contributed by atoms with Crippen LogP contribution in [-0.2, 0) is 6.42 Å². The van der Waals surface area contributed by atoms with Crippen LogP contribution < -0.4 is 10.1 Å². The number of anilines is 2. The fourth-order valence-corrected chi connectivity index (χ4v) is 2.80. The lowest BCUT2D eigenvalue weighted by molar-refractivity contribution is 0.0796. The molecule has 0 unspecified atom stereocenters. The van der Waals surface area contributed by atoms with Crippen molar-refractivity contribution in [3.63, 3.8) is 0 Å². The van der Waals surface area contributed by atoms with Crippen LogP contribution in [-0.4, -0.2) is 46.5 Å². The van der Waals surface area contributed by atoms with Gasteiger partial charge in [-0.05, 0) is 42.3 Å². The molecule has 28 heavy (non-hydrogen) atoms. The lowest BCUT2D eigenvalue weighted by atomic mass is 10.2. The normalized spacial score (nSPS) is 10.4. The van der Waals surface area contributed by atoms with Gasteiger partial charge < -0.3 is 15.0 Å². The van der Waals surface area contributed by atoms with E-state index in [1.165, 1.54) is 12.4 Å². The van der Waals surface area contributed by atoms with E-state index in [0.717, 1.165) is 17.7 Å². The van der Waals surface area contributed by atoms with Gasteiger partial charge in [-0.1, -0.05) is 11.6 Å². The summed E-state index contributed by atoms with van der Waals surface area (Å²) in [6, 6.07) is 9.15. The van der Waals surface area contributed by atoms with E-state index in [2.05, 4.69) is 20.3 Å². The number of methoxy groups -OCH3 is 1. The number of hydrogen-bond acceptors (Lipinski definition) is 6. The van der Waals surface area contributed by atoms with Crippen molar-refractivity contribution in [3.8, 4) is 5.75 Å². The van der Waals surface area contributed by atoms with Gasteiger partial charge in [0.1, 0.15) is 5.75 Å². The standard InChI is InChI=1S/C20H20ClN5O2/c1-26(10-7-14-5-8-22-9-6-14)19(27)15-12-23-20(24-13-15)25-16-3-4-18(28-2)17(21)11-16/h3-6,8-9,11-13H,7,10H2,1-2H3,(H,23,24,25). The highest BCUT2D eigenvalue weighted by Gasteiger charge is 2.13. The summed E-state index contributed by atoms with van der Waals surface area (Å²) in [6.45, 7) is 0.590. The van der Waals surface area contributed by atoms with Crippen LogP contribution in [0, 0.1) is 0 Å². The summed E-state index contributed by atoms with van der Waals surface area (Å²) in [5.74, 6) is 0.828. The van der Waals surface area contributed by atoms with Crippen LogP contribution in [0.1, 0.15) is 15.9 Å². The highest BCUT2D eigenvalue weighted by Crippen LogP contribution is 2.28. The van der Waals surface area contributed by atoms with Crippen molar-refractivity contribution in [3.05, 3.63) is 71.3 Å². The predicted octanol–water partition coefficient (Wildman–Crippen LogP) is 3.59. The van der Waals surface area contributed by atoms with Crippen molar-refractivity contribution >= 4 is 29.1 Å². The third kappa shape index (κ3) is 4.95. The highest BCUT2D eigenvalue weighted by atomic mass is 35.5. The van der Waals surface area contributed by atoms with E-state index in [1.807, 2.05) is 12.1 Å². The topological polar surface area (TPSA) is 80.2 Å². The first-order chi connectivity index (χ1) is 13.6. The van der Waals surface area contributed by atoms with Crippen molar-refractivity contribution in [1.82, 2.24) is 19.9 Å². The maximum absolute atomic E-state index is 12.5. The molecule has 1 amide bonds. The summed E-state index contributed by atoms with van der Waals surface area (Å²) in [5.41, 5.74) is 2.28. The van der Waals surface area contributed by atoms with Gasteiger partial charge >= 0.3 is 0 Å². The molecule has 0 aliphatic heterocycles. The largest absolute Gasteiger partial charge is 0.495 e. The van der Waals surface area contributed by atoms with Crippen molar-refractivity contribution in [2.75, 3.05) is 26.0 Å². The predicted molar refractivity (Wildman–Crippen MR) is 108 cm³/mol. The number of ether oxygens (including phenoxy) is 1. The zero-order valence-corrected chi connectivity index (χ0v) is 16.3. The van der Waals surface area contributed by atoms with E-state index >= 15 is 0 Å². The van der Waals surface area contributed by atoms with Gasteiger partial charge in [0.05, 0.1) is 17.7 Å². The van der Waals surface area contributed by atoms with E-state index in [0.29, 0.717) is 28.8 Å². The smallest absolute Gasteiger partial charge is 0.256 e. The van der Waals surface area contributed by atoms with Crippen LogP contribution in [0.15, 0.2) is 55.1 Å². The average molecular weight is 398 g/mol. The molecule has 0 spiro atoms. The number of nitrogens with one attached hydrogen (secondary N) is 1. The minimum atomic E-state index is -0.131. The van der Waals surface area contributed by atoms with Gasteiger partial charge in [-0.3, -0.25) is 9.78 Å². The summed E-state index contributed by atoms with van der Waals surface area (Å²) < 4.78 is 5.13. The Bertz CT molecular complexity index is 935. The number of pyridine rings is 1. The molecule has 0 radical (unpaired) electrons. The monoisotopic (exact) mass is 397 g/mol. The van der Waals surface area contributed by atoms with Gasteiger partial charge in [0.2, 0.25) is 5.95 Å². The number of benzene rings is 1. The zero-order valence-electron chi connectivity index (χ0n) is 15.6. The lowest BCUT2D eigenvalue weighted by Crippen LogP contribution is -2.29. The van der Waals surface area contributed by atoms with Gasteiger partial charge in [-0.2, -0.15) is 0 Å². The average Bonchev–Trinajstić information content (AvgIpc) is 2.73. The van der Waals surface area contributed by atoms with Crippen molar-refractivity contribution in [1.29, 1.82) is 0 Å². The second-order valence-electron chi connectivity index (χ2n) is 6.10. The van der Waals surface area contributed by atoms with Gasteiger partial charge in [0, 0.05) is 44.1 Å². The number of rotatable bonds is 7. The van der Waals surface area contributed by atoms with Crippen LogP contribution in [0.2, 0.25) is 5.02 Å². The number of hydrogen-bond donors (Lipinski definition) is 1. The molecule has 144 valence electrons. The fourth-order valence-electron chi connectivity index (χ4n) is 2.54. The Labute approximate surface area is 168 Å². The van der Waals surface area contributed by atoms with E-state index in [1.54, 1.807) is 49.7 Å². The van der Waals surface area contributed by atoms with Crippen molar-refractivity contribution < 1.29 is 9.53 Å². The molecular weight excluding hydrogens is 378 g/mol. The number of nitrogens with zero attached hydrogens (tertiary/aromatic N) is 4. The second-order valence-corrected chi connectivity index (χ2v) is 6.51. The quantitative estimate of drug-likeness (QED) is 0.656. The summed E-state index contributed by atoms with van der Waals surface area (Å²) in [4.78, 5) is 26.6. The Morgan fingerprint density at radius 3 is 2.54 bits per heavy atom. The number of aromatic nitrogens is 3. The molecule has 7 nitrogen and oxygen atoms in total. The van der Waals surface area contributed by atoms with Crippen LogP contribution in [0.4, 0.5) is 11.6 Å². The zero-order chi connectivity index (χ0) is 19.9. The lowest BCUT2D eigenvalue weighted by Gasteiger charge is -2.17. The van der Waals surface area contributed by atoms with E-state index < -0.39 is 0 Å². The minimum Gasteiger partial charge on any atom is -0.495 e. The fraction of sp³-hybridized carbons (Fsp3) is 0.200. The van der Waals surface area contributed by atoms with E-state index in [-0.39, 0.29) is 5.91 Å². The number of carbonyl (C=O) groups excluding carboxylic acids is 1. The molecule has 3 aromatic rings. The molecule has 0 saturated carbocycles. The first-order valence-corrected chi connectivity index (χ1v) is 9.01. The number of halogens is 1. The molecule has 0 aliphatic carbocycles. The van der Waals surface area contributed by atoms with Crippen molar-refractivity contribution in [2.45, 2.75) is 6.42 Å². The molecule has 1 N–H and O–H groups in total. The Hall–Kier alpha value is -3.19. The third-order valence-corrected chi connectivity index (χ3v) is 4.43. The minimum absolute atomic E-state index is 0.131. The molecule has 0 aliphatic rings. The van der Waals surface area contributed by atoms with Gasteiger partial charge in [0.15, 0.2) is 0 Å². The SMILES string of the molecule is COc1ccc(Nc2ncc(C(=O)N(C)CCc3ccncc3)cn2)cc1Cl. The van der Waals surface area contributed by atoms with Crippen molar-refractivity contribution in [2.24, 2.45) is 0 Å². The second kappa shape index (κ2) is 9.14. The van der Waals surface area contributed by atoms with Crippen LogP contribution in [0.3, 0.4) is 0 Å². The Kier molecular flexibility index (Phi) is 6.39. The molecule has 2 heterocycles. The molecule has 2 aromatic heterocycles. The Morgan fingerprint density at radius 1 is 1.18 bits per heavy atom. The molecule has 8 heteroatoms. The molecule has 3 rings (SSSR count). The van der Waals surface area contributed by atoms with Crippen LogP contribution in [0.5, 0.6) is 5.75 Å². The Morgan fingerprint density at radius 2 is 1.89 bits per heavy atom. The van der Waals surface area contributed by atoms with Crippen LogP contribution >= 0.6 is 11.6 Å². The molecular formula is C20H20ClN5O2. The van der Waals surface area contributed by atoms with E-state index in [4.69, 9.17) is 16.3 Å². The number of carbonyl (C=O) groups is 1. The van der Waals surface area contributed by atoms with Gasteiger partial charge in [-0.15, -0.1) is 0 Å². The summed E-state index contributed by atoms with van der Waals surface area (Å²) >= 11 is 6.11. The summed E-state index contributed by atoms with van der Waals surface area (Å²) in [7, 11) is 3.32. The molecule has 0 fully saturated rings. The van der Waals surface area contributed by atoms with Gasteiger partial charge in [0.25, 0.3) is 5.91 Å². The maximum Gasteiger partial charge on any atom is 0.256 e.